The SMILES string of the molecule is COc1cc2c(cc1OC)C(N)(C(=O)CC(N)=O)N=C(N1CCNCC1)N2. The standard InChI is InChI=1S/C17H24N6O4/c1-26-12-7-10-11(8-13(12)27-2)21-16(23-5-3-20-4-6-23)22-17(10,19)14(24)9-15(18)25/h7-8,20H,3-6,9,19H2,1-2H3,(H2,18,25)(H,21,22). The number of benzene rings is 1. The highest BCUT2D eigenvalue weighted by atomic mass is 16.5. The van der Waals surface area contributed by atoms with Crippen LogP contribution in [0.4, 0.5) is 5.69 Å². The van der Waals surface area contributed by atoms with Crippen LogP contribution >= 0.6 is 0 Å². The van der Waals surface area contributed by atoms with Gasteiger partial charge >= 0.3 is 0 Å². The van der Waals surface area contributed by atoms with Crippen LogP contribution in [0.3, 0.4) is 0 Å². The van der Waals surface area contributed by atoms with Crippen LogP contribution in [0.2, 0.25) is 0 Å². The number of carbonyl (C=O) groups is 2. The molecule has 1 unspecified atom stereocenters. The van der Waals surface area contributed by atoms with E-state index >= 15 is 0 Å². The maximum atomic E-state index is 12.8. The number of rotatable bonds is 5. The molecule has 0 aromatic heterocycles. The molecule has 146 valence electrons. The molecule has 0 radical (unpaired) electrons. The van der Waals surface area contributed by atoms with Crippen molar-refractivity contribution >= 4 is 23.3 Å². The molecule has 0 aliphatic carbocycles. The number of primary amides is 1. The fourth-order valence-corrected chi connectivity index (χ4v) is 3.21. The summed E-state index contributed by atoms with van der Waals surface area (Å²) in [6.07, 6.45) is -0.511. The zero-order valence-electron chi connectivity index (χ0n) is 15.4. The van der Waals surface area contributed by atoms with Gasteiger partial charge in [-0.1, -0.05) is 0 Å². The average Bonchev–Trinajstić information content (AvgIpc) is 2.67. The molecule has 6 N–H and O–H groups in total. The van der Waals surface area contributed by atoms with Crippen molar-refractivity contribution in [2.45, 2.75) is 12.1 Å². The van der Waals surface area contributed by atoms with Crippen molar-refractivity contribution in [1.82, 2.24) is 10.2 Å². The Balaban J connectivity index is 2.11. The lowest BCUT2D eigenvalue weighted by Gasteiger charge is -2.38. The van der Waals surface area contributed by atoms with Crippen LogP contribution < -0.4 is 31.6 Å². The van der Waals surface area contributed by atoms with E-state index in [0.717, 1.165) is 13.1 Å². The van der Waals surface area contributed by atoms with Gasteiger partial charge in [0, 0.05) is 37.8 Å². The van der Waals surface area contributed by atoms with Crippen LogP contribution in [0.5, 0.6) is 11.5 Å². The number of amides is 1. The molecular formula is C17H24N6O4. The van der Waals surface area contributed by atoms with Crippen molar-refractivity contribution in [1.29, 1.82) is 0 Å². The summed E-state index contributed by atoms with van der Waals surface area (Å²) < 4.78 is 10.7. The lowest BCUT2D eigenvalue weighted by atomic mass is 9.90. The third kappa shape index (κ3) is 3.53. The molecule has 1 atom stereocenters. The molecule has 2 heterocycles. The molecule has 1 aromatic rings. The minimum atomic E-state index is -1.75. The largest absolute Gasteiger partial charge is 0.493 e. The molecule has 0 spiro atoms. The summed E-state index contributed by atoms with van der Waals surface area (Å²) in [7, 11) is 3.01. The van der Waals surface area contributed by atoms with Crippen molar-refractivity contribution in [3.63, 3.8) is 0 Å². The zero-order chi connectivity index (χ0) is 19.6. The van der Waals surface area contributed by atoms with E-state index in [1.54, 1.807) is 12.1 Å². The number of fused-ring (bicyclic) bond motifs is 1. The second kappa shape index (κ2) is 7.41. The Labute approximate surface area is 156 Å². The Morgan fingerprint density at radius 3 is 2.44 bits per heavy atom. The molecule has 1 amide bonds. The molecule has 10 heteroatoms. The van der Waals surface area contributed by atoms with E-state index in [2.05, 4.69) is 15.6 Å². The van der Waals surface area contributed by atoms with Gasteiger partial charge < -0.3 is 30.7 Å². The number of hydrogen-bond acceptors (Lipinski definition) is 9. The number of carbonyl (C=O) groups excluding carboxylic acids is 2. The fraction of sp³-hybridized carbons (Fsp3) is 0.471. The first-order valence-corrected chi connectivity index (χ1v) is 8.58. The summed E-state index contributed by atoms with van der Waals surface area (Å²) in [6, 6.07) is 3.29. The van der Waals surface area contributed by atoms with Crippen molar-refractivity contribution in [3.8, 4) is 11.5 Å². The summed E-state index contributed by atoms with van der Waals surface area (Å²) in [5.74, 6) is 0.00837. The number of anilines is 1. The maximum absolute atomic E-state index is 12.8. The fourth-order valence-electron chi connectivity index (χ4n) is 3.21. The Morgan fingerprint density at radius 2 is 1.85 bits per heavy atom. The number of ether oxygens (including phenoxy) is 2. The monoisotopic (exact) mass is 376 g/mol. The van der Waals surface area contributed by atoms with Crippen molar-refractivity contribution in [2.75, 3.05) is 45.7 Å². The van der Waals surface area contributed by atoms with Crippen LogP contribution in [0.15, 0.2) is 17.1 Å². The van der Waals surface area contributed by atoms with Crippen LogP contribution in [0.25, 0.3) is 0 Å². The van der Waals surface area contributed by atoms with Crippen LogP contribution in [0, 0.1) is 0 Å². The number of nitrogens with zero attached hydrogens (tertiary/aromatic N) is 2. The molecule has 10 nitrogen and oxygen atoms in total. The van der Waals surface area contributed by atoms with Crippen LogP contribution in [-0.4, -0.2) is 62.9 Å². The number of nitrogens with one attached hydrogen (secondary N) is 2. The highest BCUT2D eigenvalue weighted by Gasteiger charge is 2.43. The normalized spacial score (nSPS) is 21.6. The second-order valence-corrected chi connectivity index (χ2v) is 6.38. The van der Waals surface area contributed by atoms with E-state index < -0.39 is 23.8 Å². The van der Waals surface area contributed by atoms with Gasteiger partial charge in [-0.05, 0) is 6.07 Å². The second-order valence-electron chi connectivity index (χ2n) is 6.38. The summed E-state index contributed by atoms with van der Waals surface area (Å²) in [6.45, 7) is 2.97. The highest BCUT2D eigenvalue weighted by molar-refractivity contribution is 6.08. The Kier molecular flexibility index (Phi) is 5.19. The quantitative estimate of drug-likeness (QED) is 0.476. The van der Waals surface area contributed by atoms with Gasteiger partial charge in [0.1, 0.15) is 0 Å². The van der Waals surface area contributed by atoms with Crippen molar-refractivity contribution in [3.05, 3.63) is 17.7 Å². The van der Waals surface area contributed by atoms with Crippen molar-refractivity contribution in [2.24, 2.45) is 16.5 Å². The summed E-state index contributed by atoms with van der Waals surface area (Å²) >= 11 is 0. The first-order chi connectivity index (χ1) is 12.9. The average molecular weight is 376 g/mol. The maximum Gasteiger partial charge on any atom is 0.225 e. The Bertz CT molecular complexity index is 790. The molecular weight excluding hydrogens is 352 g/mol. The van der Waals surface area contributed by atoms with Gasteiger partial charge in [0.25, 0.3) is 0 Å². The van der Waals surface area contributed by atoms with Gasteiger partial charge in [-0.2, -0.15) is 0 Å². The number of guanidine groups is 1. The lowest BCUT2D eigenvalue weighted by molar-refractivity contribution is -0.129. The number of piperazine rings is 1. The van der Waals surface area contributed by atoms with E-state index in [9.17, 15) is 9.59 Å². The molecule has 27 heavy (non-hydrogen) atoms. The minimum Gasteiger partial charge on any atom is -0.493 e. The molecule has 1 saturated heterocycles. The molecule has 0 saturated carbocycles. The van der Waals surface area contributed by atoms with E-state index in [1.807, 2.05) is 4.90 Å². The van der Waals surface area contributed by atoms with E-state index in [4.69, 9.17) is 20.9 Å². The van der Waals surface area contributed by atoms with Gasteiger partial charge in [0.05, 0.1) is 26.3 Å². The highest BCUT2D eigenvalue weighted by Crippen LogP contribution is 2.41. The summed E-state index contributed by atoms with van der Waals surface area (Å²) in [5, 5.41) is 6.48. The molecule has 1 aromatic carbocycles. The first-order valence-electron chi connectivity index (χ1n) is 8.58. The molecule has 0 bridgehead atoms. The number of nitrogens with two attached hydrogens (primary N) is 2. The number of aliphatic imine (C=N–C) groups is 1. The van der Waals surface area contributed by atoms with E-state index in [0.29, 0.717) is 41.8 Å². The van der Waals surface area contributed by atoms with Gasteiger partial charge in [0.15, 0.2) is 22.9 Å². The van der Waals surface area contributed by atoms with E-state index in [-0.39, 0.29) is 0 Å². The predicted octanol–water partition coefficient (Wildman–Crippen LogP) is -1.05. The lowest BCUT2D eigenvalue weighted by Crippen LogP contribution is -2.54. The smallest absolute Gasteiger partial charge is 0.225 e. The molecule has 2 aliphatic heterocycles. The van der Waals surface area contributed by atoms with Gasteiger partial charge in [0.2, 0.25) is 11.9 Å². The van der Waals surface area contributed by atoms with Gasteiger partial charge in [-0.25, -0.2) is 4.99 Å². The van der Waals surface area contributed by atoms with E-state index in [1.165, 1.54) is 14.2 Å². The summed E-state index contributed by atoms with van der Waals surface area (Å²) in [5.41, 5.74) is 10.9. The van der Waals surface area contributed by atoms with Gasteiger partial charge in [-0.3, -0.25) is 15.3 Å². The van der Waals surface area contributed by atoms with Crippen molar-refractivity contribution < 1.29 is 19.1 Å². The Morgan fingerprint density at radius 1 is 1.22 bits per heavy atom. The van der Waals surface area contributed by atoms with Gasteiger partial charge in [-0.15, -0.1) is 0 Å². The molecule has 2 aliphatic rings. The topological polar surface area (TPSA) is 144 Å². The number of methoxy groups -OCH3 is 2. The molecule has 1 fully saturated rings. The minimum absolute atomic E-state index is 0.394. The third-order valence-corrected chi connectivity index (χ3v) is 4.64. The number of Topliss-reactive ketones (excluding diaryl/α,β-unsaturated/α-hetero) is 1. The predicted molar refractivity (Wildman–Crippen MR) is 99.7 cm³/mol. The Hall–Kier alpha value is -2.85. The third-order valence-electron chi connectivity index (χ3n) is 4.64. The van der Waals surface area contributed by atoms with Crippen LogP contribution in [0.1, 0.15) is 12.0 Å². The first kappa shape index (κ1) is 18.9. The zero-order valence-corrected chi connectivity index (χ0v) is 15.4. The summed E-state index contributed by atoms with van der Waals surface area (Å²) in [4.78, 5) is 30.6. The van der Waals surface area contributed by atoms with Crippen LogP contribution in [-0.2, 0) is 15.3 Å². The number of ketones is 1. The molecule has 3 rings (SSSR count). The number of hydrogen-bond donors (Lipinski definition) is 4.